The van der Waals surface area contributed by atoms with Gasteiger partial charge in [0, 0.05) is 41.9 Å². The highest BCUT2D eigenvalue weighted by Gasteiger charge is 2.09. The van der Waals surface area contributed by atoms with Gasteiger partial charge in [-0.05, 0) is 19.2 Å². The van der Waals surface area contributed by atoms with Gasteiger partial charge in [0.25, 0.3) is 0 Å². The van der Waals surface area contributed by atoms with Crippen LogP contribution in [0.5, 0.6) is 0 Å². The van der Waals surface area contributed by atoms with Gasteiger partial charge in [0.05, 0.1) is 0 Å². The van der Waals surface area contributed by atoms with Crippen LogP contribution in [-0.2, 0) is 6.54 Å². The van der Waals surface area contributed by atoms with Crippen molar-refractivity contribution in [2.75, 3.05) is 26.0 Å². The van der Waals surface area contributed by atoms with E-state index in [2.05, 4.69) is 5.32 Å². The fraction of sp³-hybridized carbons (Fsp3) is 0.400. The zero-order valence-electron chi connectivity index (χ0n) is 8.56. The number of rotatable bonds is 3. The molecule has 0 atom stereocenters. The summed E-state index contributed by atoms with van der Waals surface area (Å²) in [5.41, 5.74) is 2.13. The van der Waals surface area contributed by atoms with Crippen LogP contribution in [0.15, 0.2) is 12.1 Å². The van der Waals surface area contributed by atoms with E-state index in [4.69, 9.17) is 23.2 Å². The molecule has 0 fully saturated rings. The van der Waals surface area contributed by atoms with Crippen LogP contribution in [0, 0.1) is 0 Å². The Morgan fingerprint density at radius 1 is 1.29 bits per heavy atom. The first kappa shape index (κ1) is 11.6. The van der Waals surface area contributed by atoms with Crippen molar-refractivity contribution in [1.82, 2.24) is 5.32 Å². The van der Waals surface area contributed by atoms with Crippen molar-refractivity contribution in [1.29, 1.82) is 0 Å². The molecule has 78 valence electrons. The lowest BCUT2D eigenvalue weighted by atomic mass is 10.1. The van der Waals surface area contributed by atoms with Crippen molar-refractivity contribution < 1.29 is 0 Å². The second-order valence-electron chi connectivity index (χ2n) is 3.31. The van der Waals surface area contributed by atoms with Crippen molar-refractivity contribution in [3.63, 3.8) is 0 Å². The molecule has 0 aliphatic heterocycles. The summed E-state index contributed by atoms with van der Waals surface area (Å²) in [7, 11) is 5.84. The molecule has 14 heavy (non-hydrogen) atoms. The van der Waals surface area contributed by atoms with Crippen LogP contribution in [0.25, 0.3) is 0 Å². The summed E-state index contributed by atoms with van der Waals surface area (Å²) in [5, 5.41) is 4.45. The maximum atomic E-state index is 6.11. The van der Waals surface area contributed by atoms with E-state index in [9.17, 15) is 0 Å². The van der Waals surface area contributed by atoms with Gasteiger partial charge in [-0.1, -0.05) is 23.2 Å². The highest BCUT2D eigenvalue weighted by molar-refractivity contribution is 6.35. The third-order valence-electron chi connectivity index (χ3n) is 1.97. The van der Waals surface area contributed by atoms with E-state index in [0.29, 0.717) is 10.0 Å². The maximum absolute atomic E-state index is 6.11. The van der Waals surface area contributed by atoms with E-state index in [0.717, 1.165) is 17.8 Å². The fourth-order valence-corrected chi connectivity index (χ4v) is 1.89. The van der Waals surface area contributed by atoms with Crippen LogP contribution in [0.3, 0.4) is 0 Å². The smallest absolute Gasteiger partial charge is 0.0486 e. The summed E-state index contributed by atoms with van der Waals surface area (Å²) in [4.78, 5) is 2.00. The highest BCUT2D eigenvalue weighted by atomic mass is 35.5. The number of halogens is 2. The van der Waals surface area contributed by atoms with Gasteiger partial charge in [-0.2, -0.15) is 0 Å². The largest absolute Gasteiger partial charge is 0.377 e. The average Bonchev–Trinajstić information content (AvgIpc) is 2.09. The summed E-state index contributed by atoms with van der Waals surface area (Å²) in [5.74, 6) is 0. The highest BCUT2D eigenvalue weighted by Crippen LogP contribution is 2.30. The van der Waals surface area contributed by atoms with Crippen LogP contribution in [0.2, 0.25) is 10.0 Å². The van der Waals surface area contributed by atoms with Crippen LogP contribution < -0.4 is 10.2 Å². The minimum absolute atomic E-state index is 0.665. The van der Waals surface area contributed by atoms with Crippen molar-refractivity contribution in [2.24, 2.45) is 0 Å². The molecule has 0 amide bonds. The number of hydrogen-bond acceptors (Lipinski definition) is 2. The molecule has 0 heterocycles. The summed E-state index contributed by atoms with van der Waals surface area (Å²) in [6.07, 6.45) is 0. The number of anilines is 1. The first-order valence-electron chi connectivity index (χ1n) is 4.36. The zero-order valence-corrected chi connectivity index (χ0v) is 10.1. The Bertz CT molecular complexity index is 324. The Kier molecular flexibility index (Phi) is 4.05. The van der Waals surface area contributed by atoms with E-state index in [1.165, 1.54) is 0 Å². The molecule has 1 aromatic carbocycles. The van der Waals surface area contributed by atoms with E-state index >= 15 is 0 Å². The molecule has 0 saturated carbocycles. The van der Waals surface area contributed by atoms with Crippen molar-refractivity contribution in [3.05, 3.63) is 27.7 Å². The van der Waals surface area contributed by atoms with Gasteiger partial charge in [-0.15, -0.1) is 0 Å². The van der Waals surface area contributed by atoms with Gasteiger partial charge in [0.1, 0.15) is 0 Å². The van der Waals surface area contributed by atoms with Gasteiger partial charge < -0.3 is 10.2 Å². The van der Waals surface area contributed by atoms with Crippen LogP contribution in [0.1, 0.15) is 5.56 Å². The third kappa shape index (κ3) is 2.53. The second kappa shape index (κ2) is 4.87. The minimum Gasteiger partial charge on any atom is -0.377 e. The van der Waals surface area contributed by atoms with Crippen LogP contribution in [0.4, 0.5) is 5.69 Å². The molecule has 1 N–H and O–H groups in total. The molecule has 2 nitrogen and oxygen atoms in total. The van der Waals surface area contributed by atoms with Gasteiger partial charge >= 0.3 is 0 Å². The van der Waals surface area contributed by atoms with E-state index in [-0.39, 0.29) is 0 Å². The number of hydrogen-bond donors (Lipinski definition) is 1. The predicted octanol–water partition coefficient (Wildman–Crippen LogP) is 2.78. The SMILES string of the molecule is CNCc1c(Cl)cc(Cl)cc1N(C)C. The molecule has 0 unspecified atom stereocenters. The summed E-state index contributed by atoms with van der Waals surface area (Å²) >= 11 is 12.0. The predicted molar refractivity (Wildman–Crippen MR) is 63.6 cm³/mol. The Labute approximate surface area is 94.8 Å². The normalized spacial score (nSPS) is 10.4. The molecule has 4 heteroatoms. The summed E-state index contributed by atoms with van der Waals surface area (Å²) in [6, 6.07) is 3.68. The topological polar surface area (TPSA) is 15.3 Å². The first-order valence-corrected chi connectivity index (χ1v) is 5.11. The minimum atomic E-state index is 0.665. The molecule has 0 radical (unpaired) electrons. The van der Waals surface area contributed by atoms with Crippen molar-refractivity contribution in [3.8, 4) is 0 Å². The molecule has 0 saturated heterocycles. The van der Waals surface area contributed by atoms with Gasteiger partial charge in [0.15, 0.2) is 0 Å². The standard InChI is InChI=1S/C10H14Cl2N2/c1-13-6-8-9(12)4-7(11)5-10(8)14(2)3/h4-5,13H,6H2,1-3H3. The fourth-order valence-electron chi connectivity index (χ4n) is 1.34. The second-order valence-corrected chi connectivity index (χ2v) is 4.15. The Morgan fingerprint density at radius 3 is 2.43 bits per heavy atom. The Balaban J connectivity index is 3.21. The molecular formula is C10H14Cl2N2. The lowest BCUT2D eigenvalue weighted by molar-refractivity contribution is 0.814. The molecule has 0 aliphatic carbocycles. The molecule has 0 aliphatic rings. The van der Waals surface area contributed by atoms with E-state index < -0.39 is 0 Å². The Morgan fingerprint density at radius 2 is 1.93 bits per heavy atom. The molecule has 0 spiro atoms. The summed E-state index contributed by atoms with van der Waals surface area (Å²) < 4.78 is 0. The van der Waals surface area contributed by atoms with Crippen LogP contribution >= 0.6 is 23.2 Å². The van der Waals surface area contributed by atoms with Crippen LogP contribution in [-0.4, -0.2) is 21.1 Å². The molecule has 1 aromatic rings. The van der Waals surface area contributed by atoms with E-state index in [1.807, 2.05) is 32.1 Å². The number of nitrogens with one attached hydrogen (secondary N) is 1. The number of benzene rings is 1. The zero-order chi connectivity index (χ0) is 10.7. The first-order chi connectivity index (χ1) is 6.56. The average molecular weight is 233 g/mol. The van der Waals surface area contributed by atoms with Crippen molar-refractivity contribution in [2.45, 2.75) is 6.54 Å². The molecule has 1 rings (SSSR count). The van der Waals surface area contributed by atoms with E-state index in [1.54, 1.807) is 6.07 Å². The van der Waals surface area contributed by atoms with Crippen molar-refractivity contribution >= 4 is 28.9 Å². The van der Waals surface area contributed by atoms with Gasteiger partial charge in [-0.3, -0.25) is 0 Å². The Hall–Kier alpha value is -0.440. The summed E-state index contributed by atoms with van der Waals surface area (Å²) in [6.45, 7) is 0.740. The van der Waals surface area contributed by atoms with Gasteiger partial charge in [-0.25, -0.2) is 0 Å². The quantitative estimate of drug-likeness (QED) is 0.863. The lowest BCUT2D eigenvalue weighted by Crippen LogP contribution is -2.15. The number of nitrogens with zero attached hydrogens (tertiary/aromatic N) is 1. The molecule has 0 aromatic heterocycles. The molecular weight excluding hydrogens is 219 g/mol. The monoisotopic (exact) mass is 232 g/mol. The third-order valence-corrected chi connectivity index (χ3v) is 2.53. The molecule has 0 bridgehead atoms. The maximum Gasteiger partial charge on any atom is 0.0486 e. The lowest BCUT2D eigenvalue weighted by Gasteiger charge is -2.19. The van der Waals surface area contributed by atoms with Gasteiger partial charge in [0.2, 0.25) is 0 Å².